The summed E-state index contributed by atoms with van der Waals surface area (Å²) in [4.78, 5) is 23.7. The van der Waals surface area contributed by atoms with Gasteiger partial charge in [0.05, 0.1) is 23.7 Å². The van der Waals surface area contributed by atoms with Crippen molar-refractivity contribution in [1.29, 1.82) is 0 Å². The summed E-state index contributed by atoms with van der Waals surface area (Å²) in [6.45, 7) is 0. The number of carbonyl (C=O) groups is 2. The van der Waals surface area contributed by atoms with Gasteiger partial charge in [0.1, 0.15) is 0 Å². The SMILES string of the molecule is CNC(=O)Cc1ccc(NC(=O)c2cccc3cn[nH]c23)cc1. The van der Waals surface area contributed by atoms with Crippen molar-refractivity contribution >= 4 is 28.4 Å². The normalized spacial score (nSPS) is 10.5. The molecule has 0 spiro atoms. The Morgan fingerprint density at radius 1 is 1.13 bits per heavy atom. The minimum absolute atomic E-state index is 0.0484. The van der Waals surface area contributed by atoms with Crippen LogP contribution in [0.25, 0.3) is 10.9 Å². The number of likely N-dealkylation sites (N-methyl/N-ethyl adjacent to an activating group) is 1. The van der Waals surface area contributed by atoms with E-state index in [1.165, 1.54) is 0 Å². The van der Waals surface area contributed by atoms with E-state index in [-0.39, 0.29) is 11.8 Å². The van der Waals surface area contributed by atoms with Gasteiger partial charge >= 0.3 is 0 Å². The first-order chi connectivity index (χ1) is 11.2. The molecule has 6 heteroatoms. The highest BCUT2D eigenvalue weighted by molar-refractivity contribution is 6.11. The molecule has 0 unspecified atom stereocenters. The molecule has 1 heterocycles. The van der Waals surface area contributed by atoms with Gasteiger partial charge in [-0.15, -0.1) is 0 Å². The number of benzene rings is 2. The molecule has 2 amide bonds. The molecule has 0 saturated carbocycles. The lowest BCUT2D eigenvalue weighted by atomic mass is 10.1. The van der Waals surface area contributed by atoms with Gasteiger partial charge in [-0.1, -0.05) is 24.3 Å². The van der Waals surface area contributed by atoms with E-state index in [4.69, 9.17) is 0 Å². The number of para-hydroxylation sites is 1. The van der Waals surface area contributed by atoms with Crippen LogP contribution < -0.4 is 10.6 Å². The van der Waals surface area contributed by atoms with E-state index >= 15 is 0 Å². The number of anilines is 1. The molecule has 0 radical (unpaired) electrons. The van der Waals surface area contributed by atoms with Crippen LogP contribution in [-0.4, -0.2) is 29.1 Å². The summed E-state index contributed by atoms with van der Waals surface area (Å²) in [6.07, 6.45) is 2.00. The summed E-state index contributed by atoms with van der Waals surface area (Å²) in [5.74, 6) is -0.258. The summed E-state index contributed by atoms with van der Waals surface area (Å²) in [6, 6.07) is 12.7. The monoisotopic (exact) mass is 308 g/mol. The number of hydrogen-bond donors (Lipinski definition) is 3. The molecule has 116 valence electrons. The third-order valence-corrected chi connectivity index (χ3v) is 3.58. The van der Waals surface area contributed by atoms with Crippen LogP contribution in [0, 0.1) is 0 Å². The van der Waals surface area contributed by atoms with Crippen LogP contribution >= 0.6 is 0 Å². The van der Waals surface area contributed by atoms with Crippen molar-refractivity contribution < 1.29 is 9.59 Å². The number of aromatic nitrogens is 2. The van der Waals surface area contributed by atoms with Crippen LogP contribution in [-0.2, 0) is 11.2 Å². The number of aromatic amines is 1. The Kier molecular flexibility index (Phi) is 4.05. The minimum Gasteiger partial charge on any atom is -0.359 e. The van der Waals surface area contributed by atoms with E-state index < -0.39 is 0 Å². The molecule has 1 aromatic heterocycles. The van der Waals surface area contributed by atoms with Gasteiger partial charge < -0.3 is 10.6 Å². The molecule has 3 aromatic rings. The highest BCUT2D eigenvalue weighted by Gasteiger charge is 2.11. The number of hydrogen-bond acceptors (Lipinski definition) is 3. The molecule has 0 aliphatic heterocycles. The largest absolute Gasteiger partial charge is 0.359 e. The van der Waals surface area contributed by atoms with E-state index in [2.05, 4.69) is 20.8 Å². The Balaban J connectivity index is 1.75. The topological polar surface area (TPSA) is 86.9 Å². The zero-order valence-corrected chi connectivity index (χ0v) is 12.6. The lowest BCUT2D eigenvalue weighted by Crippen LogP contribution is -2.19. The first kappa shape index (κ1) is 14.8. The van der Waals surface area contributed by atoms with Gasteiger partial charge in [0.2, 0.25) is 5.91 Å². The molecule has 0 aliphatic carbocycles. The van der Waals surface area contributed by atoms with Gasteiger partial charge in [-0.25, -0.2) is 0 Å². The fourth-order valence-corrected chi connectivity index (χ4v) is 2.34. The van der Waals surface area contributed by atoms with Crippen molar-refractivity contribution in [3.63, 3.8) is 0 Å². The van der Waals surface area contributed by atoms with Gasteiger partial charge in [-0.05, 0) is 23.8 Å². The maximum absolute atomic E-state index is 12.4. The maximum atomic E-state index is 12.4. The van der Waals surface area contributed by atoms with Gasteiger partial charge in [0.25, 0.3) is 5.91 Å². The number of carbonyl (C=O) groups excluding carboxylic acids is 2. The minimum atomic E-state index is -0.209. The number of nitrogens with zero attached hydrogens (tertiary/aromatic N) is 1. The molecule has 23 heavy (non-hydrogen) atoms. The summed E-state index contributed by atoms with van der Waals surface area (Å²) in [7, 11) is 1.60. The van der Waals surface area contributed by atoms with Crippen LogP contribution in [0.15, 0.2) is 48.7 Å². The predicted molar refractivity (Wildman–Crippen MR) is 88.3 cm³/mol. The van der Waals surface area contributed by atoms with E-state index in [0.29, 0.717) is 23.2 Å². The Labute approximate surface area is 132 Å². The summed E-state index contributed by atoms with van der Waals surface area (Å²) in [5.41, 5.74) is 2.81. The van der Waals surface area contributed by atoms with Gasteiger partial charge in [0, 0.05) is 18.1 Å². The van der Waals surface area contributed by atoms with Gasteiger partial charge in [-0.2, -0.15) is 5.10 Å². The standard InChI is InChI=1S/C17H16N4O2/c1-18-15(22)9-11-5-7-13(8-6-11)20-17(23)14-4-2-3-12-10-19-21-16(12)14/h2-8,10H,9H2,1H3,(H,18,22)(H,19,21)(H,20,23). The van der Waals surface area contributed by atoms with Crippen LogP contribution in [0.5, 0.6) is 0 Å². The van der Waals surface area contributed by atoms with Crippen LogP contribution in [0.4, 0.5) is 5.69 Å². The summed E-state index contributed by atoms with van der Waals surface area (Å²) in [5, 5.41) is 13.1. The van der Waals surface area contributed by atoms with E-state index in [0.717, 1.165) is 10.9 Å². The second kappa shape index (κ2) is 6.31. The second-order valence-corrected chi connectivity index (χ2v) is 5.14. The molecular formula is C17H16N4O2. The molecule has 3 rings (SSSR count). The molecule has 0 atom stereocenters. The number of nitrogens with one attached hydrogen (secondary N) is 3. The lowest BCUT2D eigenvalue weighted by Gasteiger charge is -2.07. The molecule has 6 nitrogen and oxygen atoms in total. The van der Waals surface area contributed by atoms with Crippen LogP contribution in [0.3, 0.4) is 0 Å². The molecule has 0 bridgehead atoms. The van der Waals surface area contributed by atoms with Crippen molar-refractivity contribution in [2.75, 3.05) is 12.4 Å². The quantitative estimate of drug-likeness (QED) is 0.690. The van der Waals surface area contributed by atoms with Crippen LogP contribution in [0.1, 0.15) is 15.9 Å². The molecule has 0 fully saturated rings. The molecule has 3 N–H and O–H groups in total. The average Bonchev–Trinajstić information content (AvgIpc) is 3.05. The van der Waals surface area contributed by atoms with Crippen molar-refractivity contribution in [3.05, 3.63) is 59.8 Å². The Morgan fingerprint density at radius 3 is 2.65 bits per heavy atom. The summed E-state index contributed by atoms with van der Waals surface area (Å²) >= 11 is 0. The van der Waals surface area contributed by atoms with Crippen molar-refractivity contribution in [3.8, 4) is 0 Å². The Bertz CT molecular complexity index is 852. The average molecular weight is 308 g/mol. The predicted octanol–water partition coefficient (Wildman–Crippen LogP) is 2.10. The third kappa shape index (κ3) is 3.21. The summed E-state index contributed by atoms with van der Waals surface area (Å²) < 4.78 is 0. The smallest absolute Gasteiger partial charge is 0.257 e. The first-order valence-corrected chi connectivity index (χ1v) is 7.20. The van der Waals surface area contributed by atoms with E-state index in [1.807, 2.05) is 24.3 Å². The lowest BCUT2D eigenvalue weighted by molar-refractivity contribution is -0.119. The zero-order valence-electron chi connectivity index (χ0n) is 12.6. The third-order valence-electron chi connectivity index (χ3n) is 3.58. The van der Waals surface area contributed by atoms with E-state index in [1.54, 1.807) is 31.4 Å². The highest BCUT2D eigenvalue weighted by atomic mass is 16.2. The van der Waals surface area contributed by atoms with E-state index in [9.17, 15) is 9.59 Å². The van der Waals surface area contributed by atoms with Gasteiger partial charge in [-0.3, -0.25) is 14.7 Å². The Hall–Kier alpha value is -3.15. The highest BCUT2D eigenvalue weighted by Crippen LogP contribution is 2.18. The van der Waals surface area contributed by atoms with Crippen molar-refractivity contribution in [1.82, 2.24) is 15.5 Å². The Morgan fingerprint density at radius 2 is 1.91 bits per heavy atom. The van der Waals surface area contributed by atoms with Crippen molar-refractivity contribution in [2.45, 2.75) is 6.42 Å². The number of H-pyrrole nitrogens is 1. The molecular weight excluding hydrogens is 292 g/mol. The van der Waals surface area contributed by atoms with Gasteiger partial charge in [0.15, 0.2) is 0 Å². The molecule has 2 aromatic carbocycles. The maximum Gasteiger partial charge on any atom is 0.257 e. The fourth-order valence-electron chi connectivity index (χ4n) is 2.34. The number of rotatable bonds is 4. The molecule has 0 saturated heterocycles. The van der Waals surface area contributed by atoms with Crippen molar-refractivity contribution in [2.24, 2.45) is 0 Å². The molecule has 0 aliphatic rings. The van der Waals surface area contributed by atoms with Crippen LogP contribution in [0.2, 0.25) is 0 Å². The first-order valence-electron chi connectivity index (χ1n) is 7.20. The number of fused-ring (bicyclic) bond motifs is 1. The second-order valence-electron chi connectivity index (χ2n) is 5.14. The fraction of sp³-hybridized carbons (Fsp3) is 0.118. The number of amides is 2. The zero-order chi connectivity index (χ0) is 16.2.